The lowest BCUT2D eigenvalue weighted by molar-refractivity contribution is -0.120. The molecule has 0 atom stereocenters. The largest absolute Gasteiger partial charge is 0.344 e. The Kier molecular flexibility index (Phi) is 15.3. The van der Waals surface area contributed by atoms with E-state index in [2.05, 4.69) is 69.0 Å². The van der Waals surface area contributed by atoms with Crippen molar-refractivity contribution >= 4 is 17.3 Å². The normalized spacial score (nSPS) is 10.1. The van der Waals surface area contributed by atoms with Crippen molar-refractivity contribution in [2.24, 2.45) is 5.92 Å². The van der Waals surface area contributed by atoms with E-state index in [1.807, 2.05) is 51.1 Å². The molecule has 0 spiro atoms. The molecule has 5 nitrogen and oxygen atoms in total. The summed E-state index contributed by atoms with van der Waals surface area (Å²) < 4.78 is 1.71. The van der Waals surface area contributed by atoms with Crippen LogP contribution in [0.25, 0.3) is 11.3 Å². The van der Waals surface area contributed by atoms with Gasteiger partial charge in [0.15, 0.2) is 11.5 Å². The lowest BCUT2D eigenvalue weighted by Crippen LogP contribution is -2.31. The fourth-order valence-electron chi connectivity index (χ4n) is 3.62. The molecule has 3 aromatic rings. The average molecular weight is 518 g/mol. The second-order valence-electron chi connectivity index (χ2n) is 9.72. The van der Waals surface area contributed by atoms with E-state index in [9.17, 15) is 9.59 Å². The topological polar surface area (TPSA) is 64.0 Å². The number of nitrogens with one attached hydrogen (secondary N) is 1. The molecule has 0 aliphatic carbocycles. The van der Waals surface area contributed by atoms with Gasteiger partial charge in [0.1, 0.15) is 0 Å². The third-order valence-electron chi connectivity index (χ3n) is 6.00. The second kappa shape index (κ2) is 17.9. The fraction of sp³-hybridized carbons (Fsp3) is 0.424. The first-order valence-corrected chi connectivity index (χ1v) is 13.8. The summed E-state index contributed by atoms with van der Waals surface area (Å²) in [6.07, 6.45) is 6.62. The van der Waals surface area contributed by atoms with Gasteiger partial charge in [0.05, 0.1) is 12.2 Å². The molecule has 0 fully saturated rings. The Balaban J connectivity index is 0.000000353. The number of amides is 1. The zero-order valence-electron chi connectivity index (χ0n) is 24.5. The van der Waals surface area contributed by atoms with Crippen LogP contribution in [0, 0.1) is 12.8 Å². The maximum absolute atomic E-state index is 12.0. The Bertz CT molecular complexity index is 1130. The number of rotatable bonds is 10. The van der Waals surface area contributed by atoms with Crippen molar-refractivity contribution in [3.05, 3.63) is 89.8 Å². The number of unbranched alkanes of at least 4 members (excludes halogenated alkanes) is 3. The highest BCUT2D eigenvalue weighted by Gasteiger charge is 2.15. The van der Waals surface area contributed by atoms with Crippen molar-refractivity contribution < 1.29 is 9.59 Å². The number of hydrogen-bond donors (Lipinski definition) is 1. The van der Waals surface area contributed by atoms with Crippen LogP contribution < -0.4 is 5.32 Å². The third kappa shape index (κ3) is 11.3. The van der Waals surface area contributed by atoms with Gasteiger partial charge in [-0.15, -0.1) is 0 Å². The van der Waals surface area contributed by atoms with Crippen LogP contribution in [0.4, 0.5) is 0 Å². The van der Waals surface area contributed by atoms with Crippen molar-refractivity contribution in [3.8, 4) is 5.69 Å². The zero-order valence-corrected chi connectivity index (χ0v) is 24.5. The molecule has 5 heteroatoms. The van der Waals surface area contributed by atoms with Gasteiger partial charge >= 0.3 is 0 Å². The molecule has 0 aliphatic heterocycles. The van der Waals surface area contributed by atoms with Crippen LogP contribution in [-0.2, 0) is 11.2 Å². The van der Waals surface area contributed by atoms with Gasteiger partial charge < -0.3 is 5.32 Å². The second-order valence-corrected chi connectivity index (χ2v) is 9.72. The van der Waals surface area contributed by atoms with Gasteiger partial charge in [0, 0.05) is 11.6 Å². The molecule has 2 aromatic carbocycles. The summed E-state index contributed by atoms with van der Waals surface area (Å²) >= 11 is 0. The van der Waals surface area contributed by atoms with E-state index < -0.39 is 0 Å². The van der Waals surface area contributed by atoms with Crippen LogP contribution in [-0.4, -0.2) is 28.0 Å². The molecule has 1 heterocycles. The predicted molar refractivity (Wildman–Crippen MR) is 161 cm³/mol. The van der Waals surface area contributed by atoms with Crippen LogP contribution in [0.3, 0.4) is 0 Å². The van der Waals surface area contributed by atoms with Crippen molar-refractivity contribution in [2.45, 2.75) is 80.6 Å². The molecule has 0 unspecified atom stereocenters. The number of benzene rings is 2. The zero-order chi connectivity index (χ0) is 28.5. The Morgan fingerprint density at radius 3 is 2.03 bits per heavy atom. The third-order valence-corrected chi connectivity index (χ3v) is 6.00. The summed E-state index contributed by atoms with van der Waals surface area (Å²) in [5, 5.41) is 6.90. The molecule has 0 saturated carbocycles. The number of para-hydroxylation sites is 1. The van der Waals surface area contributed by atoms with Gasteiger partial charge in [-0.05, 0) is 49.6 Å². The number of allylic oxidation sites excluding steroid dienone is 1. The minimum Gasteiger partial charge on any atom is -0.344 e. The van der Waals surface area contributed by atoms with E-state index >= 15 is 0 Å². The highest BCUT2D eigenvalue weighted by Crippen LogP contribution is 2.17. The summed E-state index contributed by atoms with van der Waals surface area (Å²) in [5.41, 5.74) is 5.92. The van der Waals surface area contributed by atoms with Gasteiger partial charge in [0.2, 0.25) is 0 Å². The van der Waals surface area contributed by atoms with Gasteiger partial charge in [-0.3, -0.25) is 9.59 Å². The molecule has 3 rings (SSSR count). The Labute approximate surface area is 230 Å². The summed E-state index contributed by atoms with van der Waals surface area (Å²) in [7, 11) is 0. The molecule has 38 heavy (non-hydrogen) atoms. The molecule has 1 aromatic heterocycles. The molecule has 206 valence electrons. The summed E-state index contributed by atoms with van der Waals surface area (Å²) in [6, 6.07) is 19.7. The molecule has 0 saturated heterocycles. The number of Topliss-reactive ketones (excluding diaryl/α,β-unsaturated/α-hetero) is 1. The average Bonchev–Trinajstić information content (AvgIpc) is 3.32. The first kappa shape index (κ1) is 32.6. The number of aromatic nitrogens is 2. The summed E-state index contributed by atoms with van der Waals surface area (Å²) in [5.74, 6) is -0.418. The monoisotopic (exact) mass is 517 g/mol. The van der Waals surface area contributed by atoms with Crippen LogP contribution in [0.2, 0.25) is 0 Å². The van der Waals surface area contributed by atoms with Crippen molar-refractivity contribution in [2.75, 3.05) is 6.54 Å². The number of hydrogen-bond acceptors (Lipinski definition) is 3. The molecule has 0 bridgehead atoms. The lowest BCUT2D eigenvalue weighted by atomic mass is 10.0. The predicted octanol–water partition coefficient (Wildman–Crippen LogP) is 8.00. The molecular formula is C33H47N3O2. The first-order chi connectivity index (χ1) is 18.2. The number of ketones is 1. The van der Waals surface area contributed by atoms with Crippen LogP contribution >= 0.6 is 0 Å². The number of carbonyl (C=O) groups excluding carboxylic acids is 2. The van der Waals surface area contributed by atoms with E-state index in [1.165, 1.54) is 36.8 Å². The number of nitrogens with zero attached hydrogens (tertiary/aromatic N) is 2. The van der Waals surface area contributed by atoms with Gasteiger partial charge in [0.25, 0.3) is 5.91 Å². The Morgan fingerprint density at radius 1 is 0.947 bits per heavy atom. The molecule has 1 N–H and O–H groups in total. The fourth-order valence-corrected chi connectivity index (χ4v) is 3.62. The maximum Gasteiger partial charge on any atom is 0.272 e. The smallest absolute Gasteiger partial charge is 0.272 e. The van der Waals surface area contributed by atoms with Gasteiger partial charge in [-0.2, -0.15) is 5.10 Å². The van der Waals surface area contributed by atoms with Crippen LogP contribution in [0.15, 0.2) is 67.2 Å². The minimum absolute atomic E-state index is 0.00237. The minimum atomic E-state index is -0.332. The maximum atomic E-state index is 12.0. The van der Waals surface area contributed by atoms with E-state index in [0.29, 0.717) is 5.69 Å². The molecule has 0 radical (unpaired) electrons. The molecular weight excluding hydrogens is 470 g/mol. The molecule has 0 aliphatic rings. The van der Waals surface area contributed by atoms with Crippen LogP contribution in [0.1, 0.15) is 94.5 Å². The Hall–Kier alpha value is -3.47. The van der Waals surface area contributed by atoms with E-state index in [0.717, 1.165) is 23.4 Å². The van der Waals surface area contributed by atoms with Crippen molar-refractivity contribution in [1.29, 1.82) is 0 Å². The highest BCUT2D eigenvalue weighted by molar-refractivity contribution is 5.95. The summed E-state index contributed by atoms with van der Waals surface area (Å²) in [4.78, 5) is 23.6. The van der Waals surface area contributed by atoms with Crippen molar-refractivity contribution in [1.82, 2.24) is 15.1 Å². The highest BCUT2D eigenvalue weighted by atomic mass is 16.2. The van der Waals surface area contributed by atoms with Crippen molar-refractivity contribution in [3.63, 3.8) is 0 Å². The number of aryl methyl sites for hydroxylation is 2. The van der Waals surface area contributed by atoms with E-state index in [-0.39, 0.29) is 24.2 Å². The lowest BCUT2D eigenvalue weighted by Gasteiger charge is -2.05. The van der Waals surface area contributed by atoms with Crippen LogP contribution in [0.5, 0.6) is 0 Å². The molecule has 1 amide bonds. The van der Waals surface area contributed by atoms with Gasteiger partial charge in [-0.1, -0.05) is 115 Å². The Morgan fingerprint density at radius 2 is 1.53 bits per heavy atom. The first-order valence-electron chi connectivity index (χ1n) is 13.8. The quantitative estimate of drug-likeness (QED) is 0.277. The SMILES string of the molecule is C=C(C)c1ccccc1CC.CCCCCC.Cc1cc(C(=O)NCC(=O)C(C)C)nn1-c1ccccc1. The summed E-state index contributed by atoms with van der Waals surface area (Å²) in [6.45, 7) is 18.2. The van der Waals surface area contributed by atoms with E-state index in [4.69, 9.17) is 0 Å². The standard InChI is InChI=1S/C16H19N3O2.C11H14.C6H14/c1-11(2)15(20)10-17-16(21)14-9-12(3)19(18-14)13-7-5-4-6-8-13;1-4-10-7-5-6-8-11(10)9(2)3;1-3-5-6-4-2/h4-9,11H,10H2,1-3H3,(H,17,21);5-8H,2,4H2,1,3H3;3-6H2,1-2H3. The van der Waals surface area contributed by atoms with E-state index in [1.54, 1.807) is 10.7 Å². The van der Waals surface area contributed by atoms with Gasteiger partial charge in [-0.25, -0.2) is 4.68 Å². The number of carbonyl (C=O) groups is 2.